The number of hydrogen-bond acceptors (Lipinski definition) is 6. The molecule has 0 bridgehead atoms. The zero-order valence-electron chi connectivity index (χ0n) is 17.6. The molecule has 0 saturated carbocycles. The van der Waals surface area contributed by atoms with Crippen molar-refractivity contribution in [1.82, 2.24) is 0 Å². The van der Waals surface area contributed by atoms with Crippen LogP contribution in [0, 0.1) is 10.8 Å². The van der Waals surface area contributed by atoms with Crippen LogP contribution in [-0.2, 0) is 14.3 Å². The van der Waals surface area contributed by atoms with Crippen molar-refractivity contribution in [3.63, 3.8) is 0 Å². The largest absolute Gasteiger partial charge is 0.481 e. The number of carboxylic acid groups (broad SMARTS) is 1. The molecule has 4 N–H and O–H groups in total. The van der Waals surface area contributed by atoms with Crippen LogP contribution in [0.2, 0.25) is 0 Å². The number of aliphatic hydroxyl groups is 3. The molecule has 1 aliphatic rings. The Bertz CT molecular complexity index is 462. The summed E-state index contributed by atoms with van der Waals surface area (Å²) in [6, 6.07) is 0. The van der Waals surface area contributed by atoms with Gasteiger partial charge in [0.15, 0.2) is 0 Å². The van der Waals surface area contributed by atoms with E-state index in [0.717, 1.165) is 6.42 Å². The number of carboxylic acids is 1. The first kappa shape index (κ1) is 29.0. The summed E-state index contributed by atoms with van der Waals surface area (Å²) in [7, 11) is 0. The fraction of sp³-hybridized carbons (Fsp3) is 0.905. The Morgan fingerprint density at radius 1 is 1.11 bits per heavy atom. The number of esters is 1. The Balaban J connectivity index is 0. The second kappa shape index (κ2) is 12.4. The predicted octanol–water partition coefficient (Wildman–Crippen LogP) is 3.13. The molecule has 0 aromatic rings. The molecule has 1 heterocycles. The second-order valence-electron chi connectivity index (χ2n) is 9.88. The minimum atomic E-state index is -1.04. The van der Waals surface area contributed by atoms with Crippen molar-refractivity contribution in [3.8, 4) is 0 Å². The summed E-state index contributed by atoms with van der Waals surface area (Å²) < 4.78 is 5.13. The molecule has 1 rings (SSSR count). The number of carbonyl (C=O) groups is 2. The fourth-order valence-corrected chi connectivity index (χ4v) is 3.06. The molecule has 7 nitrogen and oxygen atoms in total. The van der Waals surface area contributed by atoms with Crippen LogP contribution in [0.25, 0.3) is 0 Å². The van der Waals surface area contributed by atoms with Crippen molar-refractivity contribution < 1.29 is 34.8 Å². The molecule has 28 heavy (non-hydrogen) atoms. The molecule has 0 aromatic heterocycles. The summed E-state index contributed by atoms with van der Waals surface area (Å²) in [5.41, 5.74) is 0.129. The topological polar surface area (TPSA) is 124 Å². The predicted molar refractivity (Wildman–Crippen MR) is 109 cm³/mol. The van der Waals surface area contributed by atoms with E-state index in [2.05, 4.69) is 20.8 Å². The van der Waals surface area contributed by atoms with E-state index in [9.17, 15) is 24.9 Å². The van der Waals surface area contributed by atoms with Crippen molar-refractivity contribution >= 4 is 11.9 Å². The third kappa shape index (κ3) is 17.0. The highest BCUT2D eigenvalue weighted by molar-refractivity contribution is 5.71. The average molecular weight is 407 g/mol. The Morgan fingerprint density at radius 3 is 2.04 bits per heavy atom. The number of carbonyl (C=O) groups excluding carboxylic acids is 1. The molecular formula is C21H42O7. The summed E-state index contributed by atoms with van der Waals surface area (Å²) in [6.07, 6.45) is -0.257. The van der Waals surface area contributed by atoms with Crippen molar-refractivity contribution in [1.29, 1.82) is 0 Å². The van der Waals surface area contributed by atoms with Gasteiger partial charge in [-0.15, -0.1) is 0 Å². The molecule has 1 aliphatic heterocycles. The van der Waals surface area contributed by atoms with Crippen LogP contribution in [0.1, 0.15) is 87.5 Å². The van der Waals surface area contributed by atoms with E-state index in [0.29, 0.717) is 12.8 Å². The normalized spacial score (nSPS) is 22.1. The maximum absolute atomic E-state index is 11.0. The summed E-state index contributed by atoms with van der Waals surface area (Å²) in [5.74, 6) is -1.31. The molecule has 0 aromatic carbocycles. The maximum atomic E-state index is 11.0. The van der Waals surface area contributed by atoms with Crippen molar-refractivity contribution in [2.24, 2.45) is 10.8 Å². The zero-order chi connectivity index (χ0) is 21.4. The number of aliphatic carboxylic acids is 1. The van der Waals surface area contributed by atoms with E-state index in [1.807, 2.05) is 20.8 Å². The monoisotopic (exact) mass is 406 g/mol. The quantitative estimate of drug-likeness (QED) is 0.499. The van der Waals surface area contributed by atoms with E-state index < -0.39 is 24.3 Å². The average Bonchev–Trinajstić information content (AvgIpc) is 2.31. The van der Waals surface area contributed by atoms with Gasteiger partial charge in [0.25, 0.3) is 0 Å². The van der Waals surface area contributed by atoms with Gasteiger partial charge >= 0.3 is 11.9 Å². The van der Waals surface area contributed by atoms with Crippen molar-refractivity contribution in [2.45, 2.75) is 112 Å². The molecule has 4 unspecified atom stereocenters. The van der Waals surface area contributed by atoms with Gasteiger partial charge in [-0.05, 0) is 30.1 Å². The Morgan fingerprint density at radius 2 is 1.64 bits per heavy atom. The smallest absolute Gasteiger partial charge is 0.308 e. The van der Waals surface area contributed by atoms with Crippen LogP contribution < -0.4 is 0 Å². The molecule has 4 atom stereocenters. The summed E-state index contributed by atoms with van der Waals surface area (Å²) >= 11 is 0. The number of cyclic esters (lactones) is 1. The van der Waals surface area contributed by atoms with E-state index in [4.69, 9.17) is 9.84 Å². The lowest BCUT2D eigenvalue weighted by molar-refractivity contribution is -0.161. The number of rotatable bonds is 6. The molecule has 0 spiro atoms. The summed E-state index contributed by atoms with van der Waals surface area (Å²) in [4.78, 5) is 21.2. The Kier molecular flexibility index (Phi) is 12.9. The SMILES string of the molecule is C.CC(C)(C)CC(O)CC(O)CC(=O)O.CC(C)(C)CC1CC(O)CC(=O)O1. The maximum Gasteiger partial charge on any atom is 0.308 e. The van der Waals surface area contributed by atoms with Gasteiger partial charge in [-0.25, -0.2) is 0 Å². The van der Waals surface area contributed by atoms with Crippen molar-refractivity contribution in [3.05, 3.63) is 0 Å². The molecular weight excluding hydrogens is 364 g/mol. The van der Waals surface area contributed by atoms with Gasteiger partial charge in [0.05, 0.1) is 31.2 Å². The summed E-state index contributed by atoms with van der Waals surface area (Å²) in [6.45, 7) is 12.3. The van der Waals surface area contributed by atoms with Crippen molar-refractivity contribution in [2.75, 3.05) is 0 Å². The van der Waals surface area contributed by atoms with Gasteiger partial charge in [0.2, 0.25) is 0 Å². The molecule has 168 valence electrons. The highest BCUT2D eigenvalue weighted by Crippen LogP contribution is 2.27. The van der Waals surface area contributed by atoms with Gasteiger partial charge in [-0.3, -0.25) is 9.59 Å². The standard InChI is InChI=1S/C10H20O4.C10H18O3.CH4/c1-10(2,3)6-8(12)4-7(11)5-9(13)14;1-10(2,3)6-8-4-7(11)5-9(12)13-8;/h7-8,11-12H,4-6H2,1-3H3,(H,13,14);7-8,11H,4-6H2,1-3H3;1H4. The van der Waals surface area contributed by atoms with Crippen LogP contribution in [0.15, 0.2) is 0 Å². The van der Waals surface area contributed by atoms with Gasteiger partial charge in [-0.2, -0.15) is 0 Å². The molecule has 1 fully saturated rings. The van der Waals surface area contributed by atoms with E-state index >= 15 is 0 Å². The number of ether oxygens (including phenoxy) is 1. The van der Waals surface area contributed by atoms with Gasteiger partial charge < -0.3 is 25.2 Å². The first-order chi connectivity index (χ1) is 12.1. The second-order valence-corrected chi connectivity index (χ2v) is 9.88. The number of hydrogen-bond donors (Lipinski definition) is 4. The first-order valence-electron chi connectivity index (χ1n) is 9.53. The van der Waals surface area contributed by atoms with E-state index in [1.165, 1.54) is 0 Å². The summed E-state index contributed by atoms with van der Waals surface area (Å²) in [5, 5.41) is 36.5. The zero-order valence-corrected chi connectivity index (χ0v) is 17.6. The molecule has 0 radical (unpaired) electrons. The Labute approximate surface area is 170 Å². The first-order valence-corrected chi connectivity index (χ1v) is 9.53. The van der Waals surface area contributed by atoms with E-state index in [1.54, 1.807) is 0 Å². The van der Waals surface area contributed by atoms with E-state index in [-0.39, 0.29) is 49.6 Å². The molecule has 0 amide bonds. The lowest BCUT2D eigenvalue weighted by atomic mass is 9.86. The van der Waals surface area contributed by atoms with Crippen LogP contribution >= 0.6 is 0 Å². The van der Waals surface area contributed by atoms with Gasteiger partial charge in [-0.1, -0.05) is 49.0 Å². The van der Waals surface area contributed by atoms with Crippen LogP contribution in [-0.4, -0.2) is 56.8 Å². The number of aliphatic hydroxyl groups excluding tert-OH is 3. The lowest BCUT2D eigenvalue weighted by Gasteiger charge is -2.30. The van der Waals surface area contributed by atoms with Crippen LogP contribution in [0.5, 0.6) is 0 Å². The Hall–Kier alpha value is -1.18. The third-order valence-electron chi connectivity index (χ3n) is 3.88. The van der Waals surface area contributed by atoms with Crippen LogP contribution in [0.3, 0.4) is 0 Å². The fourth-order valence-electron chi connectivity index (χ4n) is 3.06. The highest BCUT2D eigenvalue weighted by Gasteiger charge is 2.30. The van der Waals surface area contributed by atoms with Gasteiger partial charge in [0, 0.05) is 6.42 Å². The molecule has 7 heteroatoms. The van der Waals surface area contributed by atoms with Gasteiger partial charge in [0.1, 0.15) is 6.10 Å². The molecule has 0 aliphatic carbocycles. The highest BCUT2D eigenvalue weighted by atomic mass is 16.5. The minimum Gasteiger partial charge on any atom is -0.481 e. The van der Waals surface area contributed by atoms with Crippen LogP contribution in [0.4, 0.5) is 0 Å². The lowest BCUT2D eigenvalue weighted by Crippen LogP contribution is -2.34. The molecule has 1 saturated heterocycles. The minimum absolute atomic E-state index is 0. The third-order valence-corrected chi connectivity index (χ3v) is 3.88.